The standard InChI is InChI=1S/C26H25F3N6O.ClH/c1-16-17(2)24(33-32-23(16)19-6-4-18(14-30)5-7-19)35-12-9-20(10-13-35)34(3)25(36)21-15-31-11-8-22(21)26(27,28)29;/h4-8,11,15,20H,9-10,12-13H2,1-3H3;1H. The normalized spacial score (nSPS) is 14.0. The third kappa shape index (κ3) is 5.67. The van der Waals surface area contributed by atoms with Crippen LogP contribution in [0.1, 0.15) is 45.5 Å². The van der Waals surface area contributed by atoms with Gasteiger partial charge in [-0.15, -0.1) is 22.6 Å². The van der Waals surface area contributed by atoms with Gasteiger partial charge < -0.3 is 9.80 Å². The molecule has 4 rings (SSSR count). The average Bonchev–Trinajstić information content (AvgIpc) is 2.89. The van der Waals surface area contributed by atoms with Crippen molar-refractivity contribution in [3.8, 4) is 17.3 Å². The lowest BCUT2D eigenvalue weighted by molar-refractivity contribution is -0.138. The summed E-state index contributed by atoms with van der Waals surface area (Å²) in [5.74, 6) is 0.0661. The van der Waals surface area contributed by atoms with E-state index in [1.807, 2.05) is 26.0 Å². The highest BCUT2D eigenvalue weighted by Crippen LogP contribution is 2.33. The van der Waals surface area contributed by atoms with Gasteiger partial charge >= 0.3 is 6.18 Å². The number of benzene rings is 1. The van der Waals surface area contributed by atoms with Crippen molar-refractivity contribution in [2.45, 2.75) is 38.9 Å². The summed E-state index contributed by atoms with van der Waals surface area (Å²) in [6, 6.07) is 9.90. The maximum absolute atomic E-state index is 13.4. The Hall–Kier alpha value is -3.71. The topological polar surface area (TPSA) is 86.0 Å². The number of piperidine rings is 1. The number of nitriles is 1. The number of carbonyl (C=O) groups is 1. The zero-order valence-electron chi connectivity index (χ0n) is 20.6. The molecule has 0 saturated carbocycles. The Morgan fingerprint density at radius 1 is 1.08 bits per heavy atom. The minimum Gasteiger partial charge on any atom is -0.355 e. The summed E-state index contributed by atoms with van der Waals surface area (Å²) in [5, 5.41) is 17.9. The number of rotatable bonds is 4. The van der Waals surface area contributed by atoms with Gasteiger partial charge in [-0.1, -0.05) is 12.1 Å². The molecular formula is C26H26ClF3N6O. The summed E-state index contributed by atoms with van der Waals surface area (Å²) in [4.78, 5) is 20.1. The molecule has 1 fully saturated rings. The van der Waals surface area contributed by atoms with Gasteiger partial charge in [-0.25, -0.2) is 0 Å². The van der Waals surface area contributed by atoms with Gasteiger partial charge in [0, 0.05) is 44.1 Å². The van der Waals surface area contributed by atoms with E-state index in [2.05, 4.69) is 26.2 Å². The van der Waals surface area contributed by atoms with Crippen LogP contribution in [0.25, 0.3) is 11.3 Å². The van der Waals surface area contributed by atoms with Crippen LogP contribution in [0.2, 0.25) is 0 Å². The van der Waals surface area contributed by atoms with Crippen LogP contribution in [0.5, 0.6) is 0 Å². The number of alkyl halides is 3. The molecule has 0 atom stereocenters. The minimum atomic E-state index is -4.63. The molecule has 37 heavy (non-hydrogen) atoms. The summed E-state index contributed by atoms with van der Waals surface area (Å²) < 4.78 is 40.1. The molecule has 0 N–H and O–H groups in total. The van der Waals surface area contributed by atoms with Crippen molar-refractivity contribution in [3.05, 3.63) is 70.5 Å². The monoisotopic (exact) mass is 530 g/mol. The van der Waals surface area contributed by atoms with Gasteiger partial charge in [0.1, 0.15) is 0 Å². The van der Waals surface area contributed by atoms with E-state index < -0.39 is 23.2 Å². The maximum Gasteiger partial charge on any atom is 0.417 e. The Kier molecular flexibility index (Phi) is 8.39. The quantitative estimate of drug-likeness (QED) is 0.460. The molecule has 2 aromatic heterocycles. The number of aromatic nitrogens is 3. The van der Waals surface area contributed by atoms with Crippen molar-refractivity contribution in [2.75, 3.05) is 25.0 Å². The van der Waals surface area contributed by atoms with Crippen molar-refractivity contribution < 1.29 is 18.0 Å². The van der Waals surface area contributed by atoms with Gasteiger partial charge in [0.05, 0.1) is 28.5 Å². The number of nitrogens with zero attached hydrogens (tertiary/aromatic N) is 6. The molecule has 0 unspecified atom stereocenters. The van der Waals surface area contributed by atoms with Gasteiger partial charge in [-0.2, -0.15) is 18.4 Å². The van der Waals surface area contributed by atoms with Crippen LogP contribution in [-0.4, -0.2) is 52.2 Å². The zero-order valence-corrected chi connectivity index (χ0v) is 21.4. The molecular weight excluding hydrogens is 505 g/mol. The van der Waals surface area contributed by atoms with Gasteiger partial charge in [0.15, 0.2) is 5.82 Å². The number of carbonyl (C=O) groups excluding carboxylic acids is 1. The first kappa shape index (κ1) is 27.9. The Balaban J connectivity index is 0.00000380. The SMILES string of the molecule is Cc1c(-c2ccc(C#N)cc2)nnc(N2CCC(N(C)C(=O)c3cnccc3C(F)(F)F)CC2)c1C.Cl. The molecule has 0 spiro atoms. The fourth-order valence-electron chi connectivity index (χ4n) is 4.50. The highest BCUT2D eigenvalue weighted by atomic mass is 35.5. The van der Waals surface area contributed by atoms with Gasteiger partial charge in [-0.05, 0) is 56.0 Å². The molecule has 0 aliphatic carbocycles. The summed E-state index contributed by atoms with van der Waals surface area (Å²) in [6.45, 7) is 5.14. The zero-order chi connectivity index (χ0) is 26.0. The number of pyridine rings is 1. The fourth-order valence-corrected chi connectivity index (χ4v) is 4.50. The predicted molar refractivity (Wildman–Crippen MR) is 135 cm³/mol. The second-order valence-electron chi connectivity index (χ2n) is 8.86. The van der Waals surface area contributed by atoms with Crippen LogP contribution in [-0.2, 0) is 6.18 Å². The number of halogens is 4. The molecule has 3 heterocycles. The van der Waals surface area contributed by atoms with E-state index in [1.54, 1.807) is 12.1 Å². The molecule has 0 radical (unpaired) electrons. The van der Waals surface area contributed by atoms with Gasteiger partial charge in [-0.3, -0.25) is 9.78 Å². The van der Waals surface area contributed by atoms with Crippen LogP contribution in [0, 0.1) is 25.2 Å². The number of hydrogen-bond donors (Lipinski definition) is 0. The van der Waals surface area contributed by atoms with Crippen LogP contribution in [0.3, 0.4) is 0 Å². The summed E-state index contributed by atoms with van der Waals surface area (Å²) in [7, 11) is 1.54. The van der Waals surface area contributed by atoms with E-state index in [-0.39, 0.29) is 18.4 Å². The van der Waals surface area contributed by atoms with Crippen molar-refractivity contribution in [1.82, 2.24) is 20.1 Å². The summed E-state index contributed by atoms with van der Waals surface area (Å²) in [5.41, 5.74) is 2.75. The molecule has 1 aliphatic heterocycles. The Morgan fingerprint density at radius 3 is 2.32 bits per heavy atom. The Bertz CT molecular complexity index is 1320. The lowest BCUT2D eigenvalue weighted by Crippen LogP contribution is -2.46. The van der Waals surface area contributed by atoms with Crippen molar-refractivity contribution in [1.29, 1.82) is 5.26 Å². The van der Waals surface area contributed by atoms with E-state index in [9.17, 15) is 18.0 Å². The van der Waals surface area contributed by atoms with Crippen LogP contribution >= 0.6 is 12.4 Å². The third-order valence-corrected chi connectivity index (χ3v) is 6.77. The van der Waals surface area contributed by atoms with Crippen molar-refractivity contribution in [2.24, 2.45) is 0 Å². The van der Waals surface area contributed by atoms with Gasteiger partial charge in [0.25, 0.3) is 5.91 Å². The smallest absolute Gasteiger partial charge is 0.355 e. The lowest BCUT2D eigenvalue weighted by Gasteiger charge is -2.38. The summed E-state index contributed by atoms with van der Waals surface area (Å²) in [6.07, 6.45) is -1.44. The first-order chi connectivity index (χ1) is 17.1. The lowest BCUT2D eigenvalue weighted by atomic mass is 9.99. The van der Waals surface area contributed by atoms with E-state index in [0.29, 0.717) is 31.5 Å². The third-order valence-electron chi connectivity index (χ3n) is 6.77. The van der Waals surface area contributed by atoms with E-state index in [1.165, 1.54) is 11.9 Å². The molecule has 1 amide bonds. The van der Waals surface area contributed by atoms with E-state index in [4.69, 9.17) is 5.26 Å². The first-order valence-electron chi connectivity index (χ1n) is 11.5. The highest BCUT2D eigenvalue weighted by molar-refractivity contribution is 5.95. The second-order valence-corrected chi connectivity index (χ2v) is 8.86. The van der Waals surface area contributed by atoms with Crippen LogP contribution in [0.4, 0.5) is 19.0 Å². The molecule has 1 aromatic carbocycles. The molecule has 0 bridgehead atoms. The maximum atomic E-state index is 13.4. The van der Waals surface area contributed by atoms with E-state index in [0.717, 1.165) is 46.7 Å². The second kappa shape index (κ2) is 11.1. The largest absolute Gasteiger partial charge is 0.417 e. The highest BCUT2D eigenvalue weighted by Gasteiger charge is 2.37. The number of hydrogen-bond acceptors (Lipinski definition) is 6. The van der Waals surface area contributed by atoms with Crippen LogP contribution < -0.4 is 4.90 Å². The van der Waals surface area contributed by atoms with Crippen molar-refractivity contribution >= 4 is 24.1 Å². The molecule has 194 valence electrons. The molecule has 1 aliphatic rings. The first-order valence-corrected chi connectivity index (χ1v) is 11.5. The van der Waals surface area contributed by atoms with Crippen LogP contribution in [0.15, 0.2) is 42.7 Å². The number of anilines is 1. The van der Waals surface area contributed by atoms with E-state index >= 15 is 0 Å². The average molecular weight is 531 g/mol. The molecule has 7 nitrogen and oxygen atoms in total. The van der Waals surface area contributed by atoms with Crippen molar-refractivity contribution in [3.63, 3.8) is 0 Å². The predicted octanol–water partition coefficient (Wildman–Crippen LogP) is 5.21. The van der Waals surface area contributed by atoms with Gasteiger partial charge in [0.2, 0.25) is 0 Å². The fraction of sp³-hybridized carbons (Fsp3) is 0.346. The molecule has 1 saturated heterocycles. The minimum absolute atomic E-state index is 0. The summed E-state index contributed by atoms with van der Waals surface area (Å²) >= 11 is 0. The molecule has 11 heteroatoms. The Labute approximate surface area is 219 Å². The Morgan fingerprint density at radius 2 is 1.73 bits per heavy atom. The number of amides is 1. The molecule has 3 aromatic rings.